The molecule has 8 nitrogen and oxygen atoms in total. The van der Waals surface area contributed by atoms with Crippen molar-refractivity contribution in [3.63, 3.8) is 0 Å². The van der Waals surface area contributed by atoms with Gasteiger partial charge in [0.15, 0.2) is 9.84 Å². The summed E-state index contributed by atoms with van der Waals surface area (Å²) in [5.74, 6) is -0.134. The molecule has 0 spiro atoms. The number of para-hydroxylation sites is 1. The highest BCUT2D eigenvalue weighted by molar-refractivity contribution is 7.91. The number of nitrogens with zero attached hydrogens (tertiary/aromatic N) is 2. The van der Waals surface area contributed by atoms with Crippen LogP contribution in [0.1, 0.15) is 19.3 Å². The number of urea groups is 1. The van der Waals surface area contributed by atoms with Gasteiger partial charge in [0, 0.05) is 43.0 Å². The van der Waals surface area contributed by atoms with E-state index in [-0.39, 0.29) is 11.2 Å². The van der Waals surface area contributed by atoms with Gasteiger partial charge in [-0.3, -0.25) is 4.79 Å². The number of nitrogens with one attached hydrogen (secondary N) is 2. The lowest BCUT2D eigenvalue weighted by Gasteiger charge is -2.33. The van der Waals surface area contributed by atoms with E-state index in [0.717, 1.165) is 17.8 Å². The molecule has 2 aromatic rings. The summed E-state index contributed by atoms with van der Waals surface area (Å²) in [7, 11) is -3.05. The van der Waals surface area contributed by atoms with Crippen molar-refractivity contribution >= 4 is 38.8 Å². The van der Waals surface area contributed by atoms with Crippen LogP contribution < -0.4 is 20.4 Å². The summed E-state index contributed by atoms with van der Waals surface area (Å²) in [4.78, 5) is 29.1. The zero-order chi connectivity index (χ0) is 22.7. The van der Waals surface area contributed by atoms with Gasteiger partial charge in [-0.25, -0.2) is 13.2 Å². The Bertz CT molecular complexity index is 1070. The van der Waals surface area contributed by atoms with E-state index in [4.69, 9.17) is 0 Å². The molecular weight excluding hydrogens is 428 g/mol. The summed E-state index contributed by atoms with van der Waals surface area (Å²) in [6.07, 6.45) is 3.29. The zero-order valence-electron chi connectivity index (χ0n) is 18.0. The van der Waals surface area contributed by atoms with Crippen LogP contribution in [0.3, 0.4) is 0 Å². The molecule has 0 aliphatic carbocycles. The normalized spacial score (nSPS) is 21.5. The van der Waals surface area contributed by atoms with E-state index >= 15 is 0 Å². The monoisotopic (exact) mass is 456 g/mol. The van der Waals surface area contributed by atoms with Gasteiger partial charge in [0.1, 0.15) is 6.04 Å². The Morgan fingerprint density at radius 3 is 2.31 bits per heavy atom. The van der Waals surface area contributed by atoms with Gasteiger partial charge in [-0.2, -0.15) is 0 Å². The zero-order valence-corrected chi connectivity index (χ0v) is 18.8. The summed E-state index contributed by atoms with van der Waals surface area (Å²) >= 11 is 0. The lowest BCUT2D eigenvalue weighted by atomic mass is 10.0. The van der Waals surface area contributed by atoms with Gasteiger partial charge in [-0.1, -0.05) is 18.2 Å². The summed E-state index contributed by atoms with van der Waals surface area (Å²) in [5.41, 5.74) is 2.38. The van der Waals surface area contributed by atoms with E-state index in [9.17, 15) is 18.0 Å². The molecule has 1 unspecified atom stereocenters. The molecule has 0 radical (unpaired) electrons. The summed E-state index contributed by atoms with van der Waals surface area (Å²) in [6.45, 7) is 1.78. The third kappa shape index (κ3) is 5.04. The Morgan fingerprint density at radius 2 is 1.66 bits per heavy atom. The molecular formula is C23H28N4O4S. The predicted octanol–water partition coefficient (Wildman–Crippen LogP) is 2.63. The summed E-state index contributed by atoms with van der Waals surface area (Å²) < 4.78 is 23.6. The topological polar surface area (TPSA) is 98.8 Å². The van der Waals surface area contributed by atoms with Crippen molar-refractivity contribution in [1.29, 1.82) is 0 Å². The third-order valence-corrected chi connectivity index (χ3v) is 7.65. The van der Waals surface area contributed by atoms with E-state index < -0.39 is 21.9 Å². The smallest absolute Gasteiger partial charge is 0.319 e. The summed E-state index contributed by atoms with van der Waals surface area (Å²) in [6, 6.07) is 15.7. The molecule has 4 rings (SSSR count). The number of anilines is 3. The Morgan fingerprint density at radius 1 is 0.969 bits per heavy atom. The molecule has 0 aromatic heterocycles. The highest BCUT2D eigenvalue weighted by Crippen LogP contribution is 2.28. The molecule has 2 aliphatic rings. The second-order valence-electron chi connectivity index (χ2n) is 8.35. The first-order chi connectivity index (χ1) is 15.3. The van der Waals surface area contributed by atoms with Crippen molar-refractivity contribution in [2.45, 2.75) is 30.6 Å². The molecule has 3 amide bonds. The van der Waals surface area contributed by atoms with Crippen LogP contribution >= 0.6 is 0 Å². The number of hydrogen-bond donors (Lipinski definition) is 2. The van der Waals surface area contributed by atoms with Crippen LogP contribution in [0.5, 0.6) is 0 Å². The Hall–Kier alpha value is -3.07. The highest BCUT2D eigenvalue weighted by atomic mass is 32.2. The van der Waals surface area contributed by atoms with Crippen LogP contribution in [0.2, 0.25) is 0 Å². The molecule has 0 bridgehead atoms. The molecule has 2 N–H and O–H groups in total. The van der Waals surface area contributed by atoms with Gasteiger partial charge in [0.2, 0.25) is 5.91 Å². The second kappa shape index (κ2) is 9.20. The van der Waals surface area contributed by atoms with Crippen molar-refractivity contribution < 1.29 is 18.0 Å². The molecule has 0 saturated carbocycles. The fraction of sp³-hybridized carbons (Fsp3) is 0.391. The van der Waals surface area contributed by atoms with Gasteiger partial charge < -0.3 is 20.4 Å². The first-order valence-corrected chi connectivity index (χ1v) is 12.7. The van der Waals surface area contributed by atoms with Crippen LogP contribution in [0, 0.1) is 0 Å². The van der Waals surface area contributed by atoms with Crippen LogP contribution in [-0.4, -0.2) is 57.5 Å². The highest BCUT2D eigenvalue weighted by Gasteiger charge is 2.32. The number of sulfone groups is 1. The predicted molar refractivity (Wildman–Crippen MR) is 126 cm³/mol. The Balaban J connectivity index is 1.38. The molecule has 2 aliphatic heterocycles. The van der Waals surface area contributed by atoms with E-state index in [1.54, 1.807) is 17.0 Å². The van der Waals surface area contributed by atoms with Crippen molar-refractivity contribution in [2.24, 2.45) is 0 Å². The van der Waals surface area contributed by atoms with Gasteiger partial charge >= 0.3 is 6.03 Å². The quantitative estimate of drug-likeness (QED) is 0.721. The minimum atomic E-state index is -3.05. The SMILES string of the molecule is CS(=O)(=O)C1CCN(c2ccc(N3CCC[C@@H](NC(=O)Nc4ccccc4)C3=O)cc2)C1. The lowest BCUT2D eigenvalue weighted by molar-refractivity contribution is -0.121. The number of hydrogen-bond acceptors (Lipinski definition) is 5. The number of rotatable bonds is 5. The van der Waals surface area contributed by atoms with E-state index in [1.807, 2.05) is 42.5 Å². The average Bonchev–Trinajstić information content (AvgIpc) is 3.27. The molecule has 2 heterocycles. The van der Waals surface area contributed by atoms with Gasteiger partial charge in [-0.15, -0.1) is 0 Å². The lowest BCUT2D eigenvalue weighted by Crippen LogP contribution is -2.53. The maximum atomic E-state index is 13.0. The fourth-order valence-corrected chi connectivity index (χ4v) is 5.25. The minimum absolute atomic E-state index is 0.134. The number of carbonyl (C=O) groups excluding carboxylic acids is 2. The minimum Gasteiger partial charge on any atom is -0.370 e. The number of amides is 3. The molecule has 9 heteroatoms. The van der Waals surface area contributed by atoms with Crippen LogP contribution in [0.4, 0.5) is 21.9 Å². The average molecular weight is 457 g/mol. The molecule has 2 saturated heterocycles. The van der Waals surface area contributed by atoms with Crippen molar-refractivity contribution in [2.75, 3.05) is 41.0 Å². The largest absolute Gasteiger partial charge is 0.370 e. The molecule has 2 fully saturated rings. The van der Waals surface area contributed by atoms with E-state index in [0.29, 0.717) is 38.2 Å². The van der Waals surface area contributed by atoms with Crippen LogP contribution in [0.15, 0.2) is 54.6 Å². The van der Waals surface area contributed by atoms with Gasteiger partial charge in [-0.05, 0) is 55.7 Å². The molecule has 2 aromatic carbocycles. The Labute approximate surface area is 188 Å². The first-order valence-electron chi connectivity index (χ1n) is 10.8. The number of carbonyl (C=O) groups is 2. The standard InChI is InChI=1S/C23H28N4O4S/c1-32(30,31)20-13-15-26(16-20)18-9-11-19(12-10-18)27-14-5-8-21(22(27)28)25-23(29)24-17-6-3-2-4-7-17/h2-4,6-7,9-12,20-21H,5,8,13-16H2,1H3,(H2,24,25,29)/t20?,21-/m1/s1. The van der Waals surface area contributed by atoms with Crippen molar-refractivity contribution in [3.05, 3.63) is 54.6 Å². The van der Waals surface area contributed by atoms with Crippen molar-refractivity contribution in [3.8, 4) is 0 Å². The Kier molecular flexibility index (Phi) is 6.36. The maximum Gasteiger partial charge on any atom is 0.319 e. The fourth-order valence-electron chi connectivity index (χ4n) is 4.27. The summed E-state index contributed by atoms with van der Waals surface area (Å²) in [5, 5.41) is 5.20. The first kappa shape index (κ1) is 22.1. The van der Waals surface area contributed by atoms with Gasteiger partial charge in [0.25, 0.3) is 0 Å². The van der Waals surface area contributed by atoms with Crippen molar-refractivity contribution in [1.82, 2.24) is 5.32 Å². The van der Waals surface area contributed by atoms with Crippen LogP contribution in [-0.2, 0) is 14.6 Å². The van der Waals surface area contributed by atoms with Gasteiger partial charge in [0.05, 0.1) is 5.25 Å². The molecule has 170 valence electrons. The van der Waals surface area contributed by atoms with Crippen LogP contribution in [0.25, 0.3) is 0 Å². The number of piperidine rings is 1. The van der Waals surface area contributed by atoms with E-state index in [2.05, 4.69) is 15.5 Å². The molecule has 2 atom stereocenters. The molecule has 32 heavy (non-hydrogen) atoms. The van der Waals surface area contributed by atoms with E-state index in [1.165, 1.54) is 6.26 Å². The second-order valence-corrected chi connectivity index (χ2v) is 10.7. The maximum absolute atomic E-state index is 13.0. The number of benzene rings is 2. The third-order valence-electron chi connectivity index (χ3n) is 6.05.